The minimum Gasteiger partial charge on any atom is -0.351 e. The largest absolute Gasteiger partial charge is 0.351 e. The highest BCUT2D eigenvalue weighted by Gasteiger charge is 2.49. The van der Waals surface area contributed by atoms with Crippen molar-refractivity contribution in [1.82, 2.24) is 10.2 Å². The van der Waals surface area contributed by atoms with Crippen molar-refractivity contribution >= 4 is 5.91 Å². The van der Waals surface area contributed by atoms with Crippen molar-refractivity contribution in [2.45, 2.75) is 90.3 Å². The highest BCUT2D eigenvalue weighted by atomic mass is 16.2. The van der Waals surface area contributed by atoms with E-state index in [2.05, 4.69) is 50.6 Å². The molecule has 2 bridgehead atoms. The van der Waals surface area contributed by atoms with E-state index in [1.807, 2.05) is 0 Å². The molecule has 2 saturated heterocycles. The van der Waals surface area contributed by atoms with Gasteiger partial charge in [0.1, 0.15) is 0 Å². The van der Waals surface area contributed by atoms with Gasteiger partial charge in [-0.3, -0.25) is 9.69 Å². The third-order valence-corrected chi connectivity index (χ3v) is 6.85. The molecule has 1 saturated carbocycles. The summed E-state index contributed by atoms with van der Waals surface area (Å²) in [7, 11) is 0. The third kappa shape index (κ3) is 3.42. The SMILES string of the molecule is C=C[C@@H]1CCC(CN2C3CCC2CC3)[C@@](C)(C(=O)NC(C)(C)C)C1. The predicted octanol–water partition coefficient (Wildman–Crippen LogP) is 4.14. The Kier molecular flexibility index (Phi) is 4.85. The van der Waals surface area contributed by atoms with Gasteiger partial charge < -0.3 is 5.32 Å². The van der Waals surface area contributed by atoms with Gasteiger partial charge in [0.2, 0.25) is 5.91 Å². The van der Waals surface area contributed by atoms with Gasteiger partial charge in [0.15, 0.2) is 0 Å². The van der Waals surface area contributed by atoms with Gasteiger partial charge in [0.25, 0.3) is 0 Å². The molecule has 0 aromatic heterocycles. The highest BCUT2D eigenvalue weighted by Crippen LogP contribution is 2.47. The molecular weight excluding hydrogens is 296 g/mol. The molecule has 0 spiro atoms. The number of hydrogen-bond donors (Lipinski definition) is 1. The van der Waals surface area contributed by atoms with E-state index in [0.29, 0.717) is 11.8 Å². The second-order valence-corrected chi connectivity index (χ2v) is 9.75. The topological polar surface area (TPSA) is 32.3 Å². The number of allylic oxidation sites excluding steroid dienone is 1. The van der Waals surface area contributed by atoms with E-state index in [1.165, 1.54) is 32.1 Å². The van der Waals surface area contributed by atoms with Gasteiger partial charge in [-0.2, -0.15) is 0 Å². The van der Waals surface area contributed by atoms with Crippen molar-refractivity contribution in [2.75, 3.05) is 6.54 Å². The van der Waals surface area contributed by atoms with Crippen LogP contribution >= 0.6 is 0 Å². The molecule has 1 amide bonds. The average molecular weight is 333 g/mol. The summed E-state index contributed by atoms with van der Waals surface area (Å²) in [5, 5.41) is 3.28. The van der Waals surface area contributed by atoms with Gasteiger partial charge in [-0.05, 0) is 77.6 Å². The minimum atomic E-state index is -0.271. The molecule has 1 unspecified atom stereocenters. The Bertz CT molecular complexity index is 475. The zero-order chi connectivity index (χ0) is 17.5. The Morgan fingerprint density at radius 2 is 1.75 bits per heavy atom. The molecule has 0 aromatic rings. The van der Waals surface area contributed by atoms with Gasteiger partial charge in [-0.15, -0.1) is 6.58 Å². The molecule has 3 aliphatic rings. The second kappa shape index (κ2) is 6.48. The molecule has 3 fully saturated rings. The fraction of sp³-hybridized carbons (Fsp3) is 0.857. The lowest BCUT2D eigenvalue weighted by atomic mass is 9.63. The second-order valence-electron chi connectivity index (χ2n) is 9.75. The number of hydrogen-bond acceptors (Lipinski definition) is 2. The van der Waals surface area contributed by atoms with Crippen LogP contribution in [0, 0.1) is 17.3 Å². The molecule has 2 aliphatic heterocycles. The average Bonchev–Trinajstić information content (AvgIpc) is 3.07. The van der Waals surface area contributed by atoms with Crippen molar-refractivity contribution in [2.24, 2.45) is 17.3 Å². The van der Waals surface area contributed by atoms with Crippen LogP contribution in [0.4, 0.5) is 0 Å². The minimum absolute atomic E-state index is 0.168. The van der Waals surface area contributed by atoms with Crippen LogP contribution in [-0.4, -0.2) is 35.0 Å². The molecule has 136 valence electrons. The monoisotopic (exact) mass is 332 g/mol. The Hall–Kier alpha value is -0.830. The van der Waals surface area contributed by atoms with Gasteiger partial charge in [0, 0.05) is 24.2 Å². The Balaban J connectivity index is 1.77. The summed E-state index contributed by atoms with van der Waals surface area (Å²) in [5.74, 6) is 1.20. The maximum absolute atomic E-state index is 13.2. The Morgan fingerprint density at radius 3 is 2.25 bits per heavy atom. The van der Waals surface area contributed by atoms with Crippen LogP contribution in [0.3, 0.4) is 0 Å². The Labute approximate surface area is 148 Å². The Morgan fingerprint density at radius 1 is 1.17 bits per heavy atom. The lowest BCUT2D eigenvalue weighted by Crippen LogP contribution is -2.55. The lowest BCUT2D eigenvalue weighted by Gasteiger charge is -2.46. The van der Waals surface area contributed by atoms with E-state index >= 15 is 0 Å². The molecule has 2 heterocycles. The van der Waals surface area contributed by atoms with Crippen molar-refractivity contribution in [3.8, 4) is 0 Å². The summed E-state index contributed by atoms with van der Waals surface area (Å²) < 4.78 is 0. The summed E-state index contributed by atoms with van der Waals surface area (Å²) in [6.07, 6.45) is 10.9. The van der Waals surface area contributed by atoms with Gasteiger partial charge >= 0.3 is 0 Å². The molecular formula is C21H36N2O. The first-order valence-electron chi connectivity index (χ1n) is 9.94. The summed E-state index contributed by atoms with van der Waals surface area (Å²) in [5.41, 5.74) is -0.440. The van der Waals surface area contributed by atoms with Crippen LogP contribution in [0.5, 0.6) is 0 Å². The molecule has 3 nitrogen and oxygen atoms in total. The number of nitrogens with one attached hydrogen (secondary N) is 1. The van der Waals surface area contributed by atoms with Crippen LogP contribution in [0.15, 0.2) is 12.7 Å². The predicted molar refractivity (Wildman–Crippen MR) is 99.8 cm³/mol. The number of carbonyl (C=O) groups is 1. The van der Waals surface area contributed by atoms with Gasteiger partial charge in [-0.25, -0.2) is 0 Å². The quantitative estimate of drug-likeness (QED) is 0.785. The summed E-state index contributed by atoms with van der Waals surface area (Å²) in [6.45, 7) is 13.6. The van der Waals surface area contributed by atoms with Crippen LogP contribution in [0.2, 0.25) is 0 Å². The van der Waals surface area contributed by atoms with Crippen LogP contribution in [-0.2, 0) is 4.79 Å². The van der Waals surface area contributed by atoms with Crippen LogP contribution in [0.25, 0.3) is 0 Å². The molecule has 24 heavy (non-hydrogen) atoms. The summed E-state index contributed by atoms with van der Waals surface area (Å²) >= 11 is 0. The molecule has 0 aromatic carbocycles. The van der Waals surface area contributed by atoms with E-state index in [4.69, 9.17) is 0 Å². The fourth-order valence-electron chi connectivity index (χ4n) is 5.37. The zero-order valence-electron chi connectivity index (χ0n) is 16.1. The maximum Gasteiger partial charge on any atom is 0.226 e. The van der Waals surface area contributed by atoms with E-state index in [-0.39, 0.29) is 16.9 Å². The molecule has 0 radical (unpaired) electrons. The number of amides is 1. The van der Waals surface area contributed by atoms with Gasteiger partial charge in [0.05, 0.1) is 5.41 Å². The number of rotatable bonds is 4. The van der Waals surface area contributed by atoms with Gasteiger partial charge in [-0.1, -0.05) is 13.0 Å². The van der Waals surface area contributed by atoms with E-state index in [9.17, 15) is 4.79 Å². The lowest BCUT2D eigenvalue weighted by molar-refractivity contribution is -0.138. The molecule has 1 aliphatic carbocycles. The standard InChI is InChI=1S/C21H36N2O/c1-6-15-7-8-16(14-23-17-9-10-18(23)12-11-17)21(5,13-15)19(24)22-20(2,3)4/h6,15-18H,1,7-14H2,2-5H3,(H,22,24)/t15-,16?,17?,18?,21+/m1/s1. The van der Waals surface area contributed by atoms with Crippen molar-refractivity contribution < 1.29 is 4.79 Å². The van der Waals surface area contributed by atoms with Crippen molar-refractivity contribution in [3.63, 3.8) is 0 Å². The number of fused-ring (bicyclic) bond motifs is 2. The maximum atomic E-state index is 13.2. The fourth-order valence-corrected chi connectivity index (χ4v) is 5.37. The van der Waals surface area contributed by atoms with Crippen molar-refractivity contribution in [3.05, 3.63) is 12.7 Å². The first-order valence-corrected chi connectivity index (χ1v) is 9.94. The first kappa shape index (κ1) is 18.0. The van der Waals surface area contributed by atoms with E-state index in [0.717, 1.165) is 31.5 Å². The van der Waals surface area contributed by atoms with Crippen LogP contribution in [0.1, 0.15) is 72.6 Å². The first-order chi connectivity index (χ1) is 11.2. The third-order valence-electron chi connectivity index (χ3n) is 6.85. The summed E-state index contributed by atoms with van der Waals surface area (Å²) in [4.78, 5) is 15.9. The smallest absolute Gasteiger partial charge is 0.226 e. The normalized spacial score (nSPS) is 39.8. The molecule has 3 rings (SSSR count). The molecule has 1 N–H and O–H groups in total. The molecule has 3 heteroatoms. The number of carbonyl (C=O) groups excluding carboxylic acids is 1. The van der Waals surface area contributed by atoms with E-state index < -0.39 is 0 Å². The van der Waals surface area contributed by atoms with E-state index in [1.54, 1.807) is 0 Å². The zero-order valence-corrected chi connectivity index (χ0v) is 16.1. The molecule has 3 atom stereocenters. The summed E-state index contributed by atoms with van der Waals surface area (Å²) in [6, 6.07) is 1.59. The van der Waals surface area contributed by atoms with Crippen LogP contribution < -0.4 is 5.32 Å². The highest BCUT2D eigenvalue weighted by molar-refractivity contribution is 5.83. The van der Waals surface area contributed by atoms with Crippen molar-refractivity contribution in [1.29, 1.82) is 0 Å². The number of nitrogens with zero attached hydrogens (tertiary/aromatic N) is 1.